The summed E-state index contributed by atoms with van der Waals surface area (Å²) in [6.07, 6.45) is -0.500. The molecule has 0 spiro atoms. The van der Waals surface area contributed by atoms with Gasteiger partial charge in [-0.15, -0.1) is 12.4 Å². The smallest absolute Gasteiger partial charge is 0.0704 e. The molecular weight excluding hydrogens is 210 g/mol. The highest BCUT2D eigenvalue weighted by Crippen LogP contribution is 2.19. The molecule has 0 saturated carbocycles. The van der Waals surface area contributed by atoms with Gasteiger partial charge in [0.05, 0.1) is 12.1 Å². The van der Waals surface area contributed by atoms with Crippen LogP contribution in [0.5, 0.6) is 0 Å². The summed E-state index contributed by atoms with van der Waals surface area (Å²) in [4.78, 5) is 0. The molecule has 1 aromatic carbocycles. The van der Waals surface area contributed by atoms with Crippen molar-refractivity contribution < 1.29 is 5.11 Å². The molecule has 1 rings (SSSR count). The van der Waals surface area contributed by atoms with Crippen LogP contribution in [0.15, 0.2) is 24.3 Å². The number of aliphatic hydroxyl groups excluding tert-OH is 1. The SMILES string of the molecule is CC(C)c1ccc([C@@H](N)[C@H](C)O)cc1.Cl. The maximum absolute atomic E-state index is 9.33. The summed E-state index contributed by atoms with van der Waals surface area (Å²) in [6, 6.07) is 7.85. The van der Waals surface area contributed by atoms with E-state index in [4.69, 9.17) is 5.73 Å². The van der Waals surface area contributed by atoms with Gasteiger partial charge in [0.25, 0.3) is 0 Å². The molecule has 0 aromatic heterocycles. The first-order chi connectivity index (χ1) is 6.52. The van der Waals surface area contributed by atoms with Crippen molar-refractivity contribution >= 4 is 12.4 Å². The largest absolute Gasteiger partial charge is 0.391 e. The molecule has 0 aliphatic heterocycles. The fraction of sp³-hybridized carbons (Fsp3) is 0.500. The van der Waals surface area contributed by atoms with Gasteiger partial charge >= 0.3 is 0 Å². The van der Waals surface area contributed by atoms with E-state index in [2.05, 4.69) is 26.0 Å². The number of aliphatic hydroxyl groups is 1. The van der Waals surface area contributed by atoms with Gasteiger partial charge in [0.15, 0.2) is 0 Å². The van der Waals surface area contributed by atoms with Gasteiger partial charge < -0.3 is 10.8 Å². The van der Waals surface area contributed by atoms with E-state index in [1.807, 2.05) is 12.1 Å². The highest BCUT2D eigenvalue weighted by molar-refractivity contribution is 5.85. The van der Waals surface area contributed by atoms with Crippen LogP contribution in [0.1, 0.15) is 43.9 Å². The van der Waals surface area contributed by atoms with E-state index in [1.165, 1.54) is 5.56 Å². The zero-order chi connectivity index (χ0) is 10.7. The Morgan fingerprint density at radius 1 is 1.00 bits per heavy atom. The lowest BCUT2D eigenvalue weighted by atomic mass is 9.98. The maximum Gasteiger partial charge on any atom is 0.0704 e. The van der Waals surface area contributed by atoms with Crippen LogP contribution in [0, 0.1) is 0 Å². The van der Waals surface area contributed by atoms with E-state index in [1.54, 1.807) is 6.92 Å². The molecule has 86 valence electrons. The summed E-state index contributed by atoms with van der Waals surface area (Å²) in [7, 11) is 0. The third-order valence-corrected chi connectivity index (χ3v) is 2.51. The van der Waals surface area contributed by atoms with E-state index >= 15 is 0 Å². The van der Waals surface area contributed by atoms with E-state index in [0.717, 1.165) is 5.56 Å². The van der Waals surface area contributed by atoms with E-state index in [0.29, 0.717) is 5.92 Å². The Labute approximate surface area is 97.9 Å². The molecule has 0 amide bonds. The molecule has 2 atom stereocenters. The van der Waals surface area contributed by atoms with Gasteiger partial charge in [-0.05, 0) is 24.0 Å². The van der Waals surface area contributed by atoms with Crippen molar-refractivity contribution in [2.45, 2.75) is 38.8 Å². The van der Waals surface area contributed by atoms with Gasteiger partial charge in [0.2, 0.25) is 0 Å². The first-order valence-electron chi connectivity index (χ1n) is 5.06. The molecule has 15 heavy (non-hydrogen) atoms. The molecule has 1 aromatic rings. The van der Waals surface area contributed by atoms with Gasteiger partial charge in [0, 0.05) is 0 Å². The molecule has 0 unspecified atom stereocenters. The van der Waals surface area contributed by atoms with Crippen LogP contribution in [0.25, 0.3) is 0 Å². The standard InChI is InChI=1S/C12H19NO.ClH/c1-8(2)10-4-6-11(7-5-10)12(13)9(3)14;/h4-9,12,14H,13H2,1-3H3;1H/t9-,12-;/m0./s1. The quantitative estimate of drug-likeness (QED) is 0.837. The summed E-state index contributed by atoms with van der Waals surface area (Å²) in [5, 5.41) is 9.33. The van der Waals surface area contributed by atoms with Crippen molar-refractivity contribution in [1.82, 2.24) is 0 Å². The predicted molar refractivity (Wildman–Crippen MR) is 66.4 cm³/mol. The Kier molecular flexibility index (Phi) is 5.88. The Hall–Kier alpha value is -0.570. The van der Waals surface area contributed by atoms with Crippen LogP contribution in [0.2, 0.25) is 0 Å². The molecule has 0 aliphatic carbocycles. The third kappa shape index (κ3) is 3.82. The molecule has 3 N–H and O–H groups in total. The molecule has 2 nitrogen and oxygen atoms in total. The second-order valence-corrected chi connectivity index (χ2v) is 4.09. The summed E-state index contributed by atoms with van der Waals surface area (Å²) in [5.74, 6) is 0.534. The summed E-state index contributed by atoms with van der Waals surface area (Å²) in [6.45, 7) is 6.02. The van der Waals surface area contributed by atoms with Crippen LogP contribution in [-0.2, 0) is 0 Å². The number of hydrogen-bond donors (Lipinski definition) is 2. The lowest BCUT2D eigenvalue weighted by Crippen LogP contribution is -2.23. The maximum atomic E-state index is 9.33. The minimum atomic E-state index is -0.500. The van der Waals surface area contributed by atoms with E-state index in [-0.39, 0.29) is 18.4 Å². The molecule has 0 heterocycles. The van der Waals surface area contributed by atoms with E-state index in [9.17, 15) is 5.11 Å². The number of hydrogen-bond acceptors (Lipinski definition) is 2. The zero-order valence-corrected chi connectivity index (χ0v) is 10.3. The molecule has 0 radical (unpaired) electrons. The lowest BCUT2D eigenvalue weighted by Gasteiger charge is -2.15. The predicted octanol–water partition coefficient (Wildman–Crippen LogP) is 2.61. The van der Waals surface area contributed by atoms with Crippen molar-refractivity contribution in [1.29, 1.82) is 0 Å². The van der Waals surface area contributed by atoms with Crippen LogP contribution < -0.4 is 5.73 Å². The van der Waals surface area contributed by atoms with Gasteiger partial charge in [-0.3, -0.25) is 0 Å². The third-order valence-electron chi connectivity index (χ3n) is 2.51. The topological polar surface area (TPSA) is 46.2 Å². The average Bonchev–Trinajstić information content (AvgIpc) is 2.16. The Morgan fingerprint density at radius 2 is 1.40 bits per heavy atom. The first kappa shape index (κ1) is 14.4. The fourth-order valence-electron chi connectivity index (χ4n) is 1.38. The zero-order valence-electron chi connectivity index (χ0n) is 9.47. The molecule has 0 aliphatic rings. The first-order valence-corrected chi connectivity index (χ1v) is 5.06. The monoisotopic (exact) mass is 229 g/mol. The number of halogens is 1. The average molecular weight is 230 g/mol. The van der Waals surface area contributed by atoms with Crippen molar-refractivity contribution in [3.05, 3.63) is 35.4 Å². The Balaban J connectivity index is 0.00000196. The summed E-state index contributed by atoms with van der Waals surface area (Å²) < 4.78 is 0. The van der Waals surface area contributed by atoms with E-state index < -0.39 is 6.10 Å². The minimum absolute atomic E-state index is 0. The normalized spacial score (nSPS) is 14.5. The van der Waals surface area contributed by atoms with Crippen LogP contribution >= 0.6 is 12.4 Å². The highest BCUT2D eigenvalue weighted by atomic mass is 35.5. The molecular formula is C12H20ClNO. The van der Waals surface area contributed by atoms with Gasteiger partial charge in [-0.25, -0.2) is 0 Å². The number of rotatable bonds is 3. The second-order valence-electron chi connectivity index (χ2n) is 4.09. The highest BCUT2D eigenvalue weighted by Gasteiger charge is 2.11. The van der Waals surface area contributed by atoms with Crippen molar-refractivity contribution in [2.75, 3.05) is 0 Å². The number of benzene rings is 1. The Bertz CT molecular complexity index is 282. The minimum Gasteiger partial charge on any atom is -0.391 e. The lowest BCUT2D eigenvalue weighted by molar-refractivity contribution is 0.164. The molecule has 0 bridgehead atoms. The summed E-state index contributed by atoms with van der Waals surface area (Å²) >= 11 is 0. The van der Waals surface area contributed by atoms with Gasteiger partial charge in [-0.2, -0.15) is 0 Å². The molecule has 3 heteroatoms. The molecule has 0 saturated heterocycles. The second kappa shape index (κ2) is 6.11. The summed E-state index contributed by atoms with van der Waals surface area (Å²) in [5.41, 5.74) is 8.10. The van der Waals surface area contributed by atoms with Gasteiger partial charge in [0.1, 0.15) is 0 Å². The molecule has 0 fully saturated rings. The number of nitrogens with two attached hydrogens (primary N) is 1. The van der Waals surface area contributed by atoms with Crippen molar-refractivity contribution in [3.8, 4) is 0 Å². The Morgan fingerprint density at radius 3 is 1.73 bits per heavy atom. The fourth-order valence-corrected chi connectivity index (χ4v) is 1.38. The van der Waals surface area contributed by atoms with Crippen LogP contribution in [0.3, 0.4) is 0 Å². The van der Waals surface area contributed by atoms with Crippen molar-refractivity contribution in [2.24, 2.45) is 5.73 Å². The van der Waals surface area contributed by atoms with Crippen molar-refractivity contribution in [3.63, 3.8) is 0 Å². The van der Waals surface area contributed by atoms with Gasteiger partial charge in [-0.1, -0.05) is 38.1 Å². The van der Waals surface area contributed by atoms with Crippen LogP contribution in [-0.4, -0.2) is 11.2 Å². The van der Waals surface area contributed by atoms with Crippen LogP contribution in [0.4, 0.5) is 0 Å².